The van der Waals surface area contributed by atoms with Crippen LogP contribution in [-0.2, 0) is 11.3 Å². The fraction of sp³-hybridized carbons (Fsp3) is 0.217. The molecule has 1 aromatic carbocycles. The number of anilines is 3. The molecule has 1 aliphatic heterocycles. The quantitative estimate of drug-likeness (QED) is 0.442. The van der Waals surface area contributed by atoms with Crippen molar-refractivity contribution in [2.24, 2.45) is 0 Å². The highest BCUT2D eigenvalue weighted by molar-refractivity contribution is 5.79. The van der Waals surface area contributed by atoms with Crippen molar-refractivity contribution in [3.63, 3.8) is 0 Å². The summed E-state index contributed by atoms with van der Waals surface area (Å²) in [4.78, 5) is 20.2. The topological polar surface area (TPSA) is 107 Å². The zero-order chi connectivity index (χ0) is 22.0. The molecule has 1 fully saturated rings. The van der Waals surface area contributed by atoms with Crippen LogP contribution in [0, 0.1) is 0 Å². The van der Waals surface area contributed by atoms with Crippen LogP contribution in [-0.4, -0.2) is 61.2 Å². The first-order valence-electron chi connectivity index (χ1n) is 10.8. The molecule has 1 aliphatic rings. The van der Waals surface area contributed by atoms with Gasteiger partial charge in [-0.3, -0.25) is 4.98 Å². The number of hydrogen-bond donors (Lipinski definition) is 1. The van der Waals surface area contributed by atoms with Crippen LogP contribution < -0.4 is 10.2 Å². The second-order valence-corrected chi connectivity index (χ2v) is 7.80. The van der Waals surface area contributed by atoms with E-state index >= 15 is 0 Å². The van der Waals surface area contributed by atoms with E-state index in [4.69, 9.17) is 9.72 Å². The summed E-state index contributed by atoms with van der Waals surface area (Å²) in [5.74, 6) is 1.29. The van der Waals surface area contributed by atoms with E-state index in [-0.39, 0.29) is 0 Å². The van der Waals surface area contributed by atoms with E-state index < -0.39 is 0 Å². The van der Waals surface area contributed by atoms with Crippen molar-refractivity contribution in [1.82, 2.24) is 34.9 Å². The fourth-order valence-corrected chi connectivity index (χ4v) is 3.96. The fourth-order valence-electron chi connectivity index (χ4n) is 3.96. The molecule has 0 atom stereocenters. The second-order valence-electron chi connectivity index (χ2n) is 7.80. The van der Waals surface area contributed by atoms with Gasteiger partial charge in [0, 0.05) is 42.6 Å². The SMILES string of the molecule is c1cnc2ccc(Cn3nnc4ncc(Nc5cc(N6CCOCC6)ccn5)nc43)cc2c1. The zero-order valence-electron chi connectivity index (χ0n) is 17.8. The van der Waals surface area contributed by atoms with Crippen LogP contribution in [0.3, 0.4) is 0 Å². The molecule has 164 valence electrons. The molecule has 0 spiro atoms. The van der Waals surface area contributed by atoms with E-state index in [0.29, 0.717) is 29.5 Å². The van der Waals surface area contributed by atoms with Crippen LogP contribution in [0.25, 0.3) is 22.2 Å². The number of morpholine rings is 1. The third-order valence-corrected chi connectivity index (χ3v) is 5.60. The molecule has 5 heterocycles. The monoisotopic (exact) mass is 439 g/mol. The first-order valence-corrected chi connectivity index (χ1v) is 10.8. The van der Waals surface area contributed by atoms with Gasteiger partial charge in [-0.25, -0.2) is 19.6 Å². The van der Waals surface area contributed by atoms with Gasteiger partial charge in [0.2, 0.25) is 5.65 Å². The number of benzene rings is 1. The predicted molar refractivity (Wildman–Crippen MR) is 125 cm³/mol. The van der Waals surface area contributed by atoms with Gasteiger partial charge < -0.3 is 15.0 Å². The molecule has 6 rings (SSSR count). The molecule has 0 saturated carbocycles. The summed E-state index contributed by atoms with van der Waals surface area (Å²) in [6, 6.07) is 14.1. The lowest BCUT2D eigenvalue weighted by atomic mass is 10.1. The van der Waals surface area contributed by atoms with Crippen molar-refractivity contribution in [2.75, 3.05) is 36.5 Å². The Kier molecular flexibility index (Phi) is 4.96. The Labute approximate surface area is 189 Å². The number of pyridine rings is 2. The average molecular weight is 439 g/mol. The van der Waals surface area contributed by atoms with Crippen molar-refractivity contribution in [1.29, 1.82) is 0 Å². The maximum absolute atomic E-state index is 5.45. The minimum atomic E-state index is 0.498. The lowest BCUT2D eigenvalue weighted by molar-refractivity contribution is 0.122. The van der Waals surface area contributed by atoms with Gasteiger partial charge in [0.15, 0.2) is 11.5 Å². The Morgan fingerprint density at radius 1 is 0.939 bits per heavy atom. The van der Waals surface area contributed by atoms with Crippen molar-refractivity contribution in [2.45, 2.75) is 6.54 Å². The number of fused-ring (bicyclic) bond motifs is 2. The predicted octanol–water partition coefficient (Wildman–Crippen LogP) is 2.79. The van der Waals surface area contributed by atoms with Gasteiger partial charge in [-0.1, -0.05) is 17.3 Å². The maximum atomic E-state index is 5.45. The molecule has 0 aliphatic carbocycles. The Morgan fingerprint density at radius 3 is 2.82 bits per heavy atom. The van der Waals surface area contributed by atoms with E-state index in [1.54, 1.807) is 23.3 Å². The Bertz CT molecular complexity index is 1430. The molecule has 1 saturated heterocycles. The normalized spacial score (nSPS) is 14.1. The number of rotatable bonds is 5. The van der Waals surface area contributed by atoms with Gasteiger partial charge >= 0.3 is 0 Å². The lowest BCUT2D eigenvalue weighted by Gasteiger charge is -2.28. The molecule has 0 unspecified atom stereocenters. The molecule has 4 aromatic heterocycles. The van der Waals surface area contributed by atoms with Gasteiger partial charge in [-0.2, -0.15) is 0 Å². The summed E-state index contributed by atoms with van der Waals surface area (Å²) in [5.41, 5.74) is 4.25. The molecule has 5 aromatic rings. The number of hydrogen-bond acceptors (Lipinski definition) is 9. The van der Waals surface area contributed by atoms with E-state index in [9.17, 15) is 0 Å². The summed E-state index contributed by atoms with van der Waals surface area (Å²) in [7, 11) is 0. The van der Waals surface area contributed by atoms with Gasteiger partial charge in [0.1, 0.15) is 5.82 Å². The van der Waals surface area contributed by atoms with Crippen LogP contribution >= 0.6 is 0 Å². The number of nitrogens with zero attached hydrogens (tertiary/aromatic N) is 8. The Morgan fingerprint density at radius 2 is 1.88 bits per heavy atom. The van der Waals surface area contributed by atoms with Gasteiger partial charge in [0.25, 0.3) is 0 Å². The third-order valence-electron chi connectivity index (χ3n) is 5.60. The first kappa shape index (κ1) is 19.5. The van der Waals surface area contributed by atoms with Crippen LogP contribution in [0.2, 0.25) is 0 Å². The molecule has 10 nitrogen and oxygen atoms in total. The molecule has 33 heavy (non-hydrogen) atoms. The Balaban J connectivity index is 1.26. The molecule has 0 radical (unpaired) electrons. The largest absolute Gasteiger partial charge is 0.378 e. The zero-order valence-corrected chi connectivity index (χ0v) is 17.8. The van der Waals surface area contributed by atoms with E-state index in [2.05, 4.69) is 41.5 Å². The summed E-state index contributed by atoms with van der Waals surface area (Å²) >= 11 is 0. The third kappa shape index (κ3) is 4.03. The van der Waals surface area contributed by atoms with Gasteiger partial charge in [-0.05, 0) is 29.8 Å². The minimum Gasteiger partial charge on any atom is -0.378 e. The van der Waals surface area contributed by atoms with Crippen molar-refractivity contribution in [3.05, 3.63) is 66.6 Å². The summed E-state index contributed by atoms with van der Waals surface area (Å²) < 4.78 is 7.20. The van der Waals surface area contributed by atoms with E-state index in [1.165, 1.54) is 0 Å². The first-order chi connectivity index (χ1) is 16.3. The maximum Gasteiger partial charge on any atom is 0.221 e. The molecule has 0 bridgehead atoms. The smallest absolute Gasteiger partial charge is 0.221 e. The summed E-state index contributed by atoms with van der Waals surface area (Å²) in [6.45, 7) is 3.73. The van der Waals surface area contributed by atoms with Gasteiger partial charge in [0.05, 0.1) is 31.5 Å². The number of ether oxygens (including phenoxy) is 1. The second kappa shape index (κ2) is 8.40. The van der Waals surface area contributed by atoms with E-state index in [1.807, 2.05) is 36.4 Å². The van der Waals surface area contributed by atoms with E-state index in [0.717, 1.165) is 48.5 Å². The summed E-state index contributed by atoms with van der Waals surface area (Å²) in [6.07, 6.45) is 5.23. The number of aromatic nitrogens is 7. The summed E-state index contributed by atoms with van der Waals surface area (Å²) in [5, 5.41) is 12.8. The highest BCUT2D eigenvalue weighted by Gasteiger charge is 2.13. The molecule has 0 amide bonds. The Hall–Kier alpha value is -4.18. The van der Waals surface area contributed by atoms with Crippen LogP contribution in [0.1, 0.15) is 5.56 Å². The highest BCUT2D eigenvalue weighted by Crippen LogP contribution is 2.21. The van der Waals surface area contributed by atoms with Crippen LogP contribution in [0.15, 0.2) is 61.1 Å². The van der Waals surface area contributed by atoms with Crippen molar-refractivity contribution >= 4 is 39.5 Å². The van der Waals surface area contributed by atoms with Gasteiger partial charge in [-0.15, -0.1) is 5.10 Å². The van der Waals surface area contributed by atoms with Crippen molar-refractivity contribution in [3.8, 4) is 0 Å². The molecular weight excluding hydrogens is 418 g/mol. The highest BCUT2D eigenvalue weighted by atomic mass is 16.5. The van der Waals surface area contributed by atoms with Crippen molar-refractivity contribution < 1.29 is 4.74 Å². The number of nitrogens with one attached hydrogen (secondary N) is 1. The lowest BCUT2D eigenvalue weighted by Crippen LogP contribution is -2.36. The minimum absolute atomic E-state index is 0.498. The molecular formula is C23H21N9O. The molecule has 10 heteroatoms. The van der Waals surface area contributed by atoms with Crippen LogP contribution in [0.5, 0.6) is 0 Å². The molecule has 1 N–H and O–H groups in total. The average Bonchev–Trinajstić information content (AvgIpc) is 3.26. The van der Waals surface area contributed by atoms with Crippen LogP contribution in [0.4, 0.5) is 17.3 Å². The standard InChI is InChI=1S/C23H21N9O/c1-2-17-12-16(3-4-19(17)24-6-1)15-32-23-22(29-30-32)26-14-21(28-23)27-20-13-18(5-7-25-20)31-8-10-33-11-9-31/h1-7,12-14H,8-11,15H2,(H,25,27,28).